The van der Waals surface area contributed by atoms with Gasteiger partial charge in [-0.2, -0.15) is 0 Å². The van der Waals surface area contributed by atoms with Crippen molar-refractivity contribution < 1.29 is 9.59 Å². The number of carbonyl (C=O) groups is 2. The summed E-state index contributed by atoms with van der Waals surface area (Å²) in [6, 6.07) is 0.436. The molecule has 0 spiro atoms. The Morgan fingerprint density at radius 1 is 1.15 bits per heavy atom. The Kier molecular flexibility index (Phi) is 4.90. The Bertz CT molecular complexity index is 690. The summed E-state index contributed by atoms with van der Waals surface area (Å²) >= 11 is 1.74. The molecule has 3 aliphatic rings. The van der Waals surface area contributed by atoms with Crippen molar-refractivity contribution in [3.05, 3.63) is 10.6 Å². The number of thiazole rings is 1. The molecule has 7 heteroatoms. The van der Waals surface area contributed by atoms with E-state index in [1.807, 2.05) is 18.7 Å². The predicted octanol–water partition coefficient (Wildman–Crippen LogP) is 1.83. The second-order valence-corrected chi connectivity index (χ2v) is 9.12. The number of aromatic nitrogens is 1. The van der Waals surface area contributed by atoms with E-state index in [9.17, 15) is 9.59 Å². The Labute approximate surface area is 159 Å². The fourth-order valence-electron chi connectivity index (χ4n) is 3.75. The van der Waals surface area contributed by atoms with E-state index >= 15 is 0 Å². The van der Waals surface area contributed by atoms with Gasteiger partial charge in [-0.15, -0.1) is 11.3 Å². The smallest absolute Gasteiger partial charge is 0.225 e. The molecule has 142 valence electrons. The van der Waals surface area contributed by atoms with Gasteiger partial charge >= 0.3 is 0 Å². The second kappa shape index (κ2) is 7.18. The van der Waals surface area contributed by atoms with Gasteiger partial charge < -0.3 is 15.1 Å². The molecule has 1 aliphatic heterocycles. The maximum Gasteiger partial charge on any atom is 0.225 e. The van der Waals surface area contributed by atoms with E-state index < -0.39 is 0 Å². The number of hydrogen-bond donors (Lipinski definition) is 1. The number of carbonyl (C=O) groups excluding carboxylic acids is 2. The monoisotopic (exact) mass is 376 g/mol. The van der Waals surface area contributed by atoms with Crippen molar-refractivity contribution in [3.8, 4) is 0 Å². The van der Waals surface area contributed by atoms with Gasteiger partial charge in [0.05, 0.1) is 5.69 Å². The van der Waals surface area contributed by atoms with Gasteiger partial charge in [-0.05, 0) is 32.1 Å². The molecule has 2 amide bonds. The van der Waals surface area contributed by atoms with Crippen molar-refractivity contribution in [2.45, 2.75) is 52.0 Å². The van der Waals surface area contributed by atoms with Crippen LogP contribution >= 0.6 is 11.3 Å². The molecule has 26 heavy (non-hydrogen) atoms. The van der Waals surface area contributed by atoms with E-state index in [4.69, 9.17) is 4.98 Å². The highest BCUT2D eigenvalue weighted by Gasteiger charge is 2.32. The lowest BCUT2D eigenvalue weighted by atomic mass is 9.90. The van der Waals surface area contributed by atoms with Crippen molar-refractivity contribution in [2.24, 2.45) is 11.8 Å². The maximum absolute atomic E-state index is 12.3. The first-order valence-electron chi connectivity index (χ1n) is 9.84. The summed E-state index contributed by atoms with van der Waals surface area (Å²) in [5.41, 5.74) is 1.18. The highest BCUT2D eigenvalue weighted by molar-refractivity contribution is 7.15. The minimum atomic E-state index is 0.0624. The van der Waals surface area contributed by atoms with Gasteiger partial charge in [0.1, 0.15) is 0 Å². The zero-order chi connectivity index (χ0) is 18.3. The molecule has 1 N–H and O–H groups in total. The topological polar surface area (TPSA) is 65.5 Å². The first kappa shape index (κ1) is 17.8. The van der Waals surface area contributed by atoms with E-state index in [0.717, 1.165) is 63.4 Å². The summed E-state index contributed by atoms with van der Waals surface area (Å²) in [4.78, 5) is 34.9. The summed E-state index contributed by atoms with van der Waals surface area (Å²) in [5.74, 6) is 0.644. The van der Waals surface area contributed by atoms with Crippen LogP contribution in [0.3, 0.4) is 0 Å². The standard InChI is InChI=1S/C19H28N4O2S/c1-12(2)18(25)22-7-9-23(10-8-22)19-21-15-6-3-13(11-16(15)26-19)17(24)20-14-4-5-14/h12-14H,3-11H2,1-2H3,(H,20,24)/t13-/m1/s1. The van der Waals surface area contributed by atoms with Crippen molar-refractivity contribution in [1.29, 1.82) is 0 Å². The van der Waals surface area contributed by atoms with Crippen LogP contribution in [0.5, 0.6) is 0 Å². The largest absolute Gasteiger partial charge is 0.353 e. The van der Waals surface area contributed by atoms with Crippen LogP contribution in [-0.2, 0) is 22.4 Å². The quantitative estimate of drug-likeness (QED) is 0.871. The number of piperazine rings is 1. The lowest BCUT2D eigenvalue weighted by Crippen LogP contribution is -2.49. The molecular weight excluding hydrogens is 348 g/mol. The summed E-state index contributed by atoms with van der Waals surface area (Å²) in [5, 5.41) is 4.21. The molecule has 4 rings (SSSR count). The number of nitrogens with one attached hydrogen (secondary N) is 1. The molecule has 1 aromatic heterocycles. The molecule has 6 nitrogen and oxygen atoms in total. The van der Waals surface area contributed by atoms with Gasteiger partial charge in [-0.3, -0.25) is 9.59 Å². The van der Waals surface area contributed by atoms with E-state index in [1.54, 1.807) is 11.3 Å². The van der Waals surface area contributed by atoms with Crippen LogP contribution in [0.25, 0.3) is 0 Å². The molecule has 1 saturated heterocycles. The van der Waals surface area contributed by atoms with Crippen LogP contribution in [0.2, 0.25) is 0 Å². The first-order valence-corrected chi connectivity index (χ1v) is 10.7. The van der Waals surface area contributed by atoms with Gasteiger partial charge in [-0.25, -0.2) is 4.98 Å². The zero-order valence-electron chi connectivity index (χ0n) is 15.7. The maximum atomic E-state index is 12.3. The third kappa shape index (κ3) is 3.72. The molecule has 1 aromatic rings. The van der Waals surface area contributed by atoms with Crippen LogP contribution in [0.1, 0.15) is 43.7 Å². The fraction of sp³-hybridized carbons (Fsp3) is 0.737. The number of anilines is 1. The molecule has 0 aromatic carbocycles. The first-order chi connectivity index (χ1) is 12.5. The fourth-order valence-corrected chi connectivity index (χ4v) is 4.99. The number of amides is 2. The van der Waals surface area contributed by atoms with Crippen molar-refractivity contribution in [1.82, 2.24) is 15.2 Å². The van der Waals surface area contributed by atoms with E-state index in [0.29, 0.717) is 6.04 Å². The van der Waals surface area contributed by atoms with Gasteiger partial charge in [-0.1, -0.05) is 13.8 Å². The number of nitrogens with zero attached hydrogens (tertiary/aromatic N) is 3. The Morgan fingerprint density at radius 3 is 2.54 bits per heavy atom. The molecule has 2 heterocycles. The van der Waals surface area contributed by atoms with Crippen LogP contribution in [0, 0.1) is 11.8 Å². The second-order valence-electron chi connectivity index (χ2n) is 8.06. The Hall–Kier alpha value is -1.63. The minimum Gasteiger partial charge on any atom is -0.353 e. The Balaban J connectivity index is 1.36. The SMILES string of the molecule is CC(C)C(=O)N1CCN(c2nc3c(s2)C[C@H](C(=O)NC2CC2)CC3)CC1. The average molecular weight is 377 g/mol. The van der Waals surface area contributed by atoms with Crippen molar-refractivity contribution in [3.63, 3.8) is 0 Å². The summed E-state index contributed by atoms with van der Waals surface area (Å²) in [7, 11) is 0. The predicted molar refractivity (Wildman–Crippen MR) is 102 cm³/mol. The van der Waals surface area contributed by atoms with E-state index in [-0.39, 0.29) is 23.7 Å². The molecule has 2 aliphatic carbocycles. The van der Waals surface area contributed by atoms with Gasteiger partial charge in [0.25, 0.3) is 0 Å². The number of fused-ring (bicyclic) bond motifs is 1. The third-order valence-electron chi connectivity index (χ3n) is 5.58. The van der Waals surface area contributed by atoms with Gasteiger partial charge in [0.2, 0.25) is 11.8 Å². The number of aryl methyl sites for hydroxylation is 1. The lowest BCUT2D eigenvalue weighted by molar-refractivity contribution is -0.134. The normalized spacial score (nSPS) is 23.1. The van der Waals surface area contributed by atoms with E-state index in [2.05, 4.69) is 10.2 Å². The highest BCUT2D eigenvalue weighted by atomic mass is 32.1. The van der Waals surface area contributed by atoms with Crippen LogP contribution in [-0.4, -0.2) is 53.9 Å². The molecule has 1 saturated carbocycles. The molecule has 0 bridgehead atoms. The van der Waals surface area contributed by atoms with Crippen molar-refractivity contribution in [2.75, 3.05) is 31.1 Å². The zero-order valence-corrected chi connectivity index (χ0v) is 16.5. The number of hydrogen-bond acceptors (Lipinski definition) is 5. The lowest BCUT2D eigenvalue weighted by Gasteiger charge is -2.35. The van der Waals surface area contributed by atoms with Crippen LogP contribution in [0.4, 0.5) is 5.13 Å². The molecular formula is C19H28N4O2S. The van der Waals surface area contributed by atoms with Gasteiger partial charge in [0.15, 0.2) is 5.13 Å². The average Bonchev–Trinajstić information content (AvgIpc) is 3.35. The molecule has 2 fully saturated rings. The Morgan fingerprint density at radius 2 is 1.88 bits per heavy atom. The minimum absolute atomic E-state index is 0.0624. The third-order valence-corrected chi connectivity index (χ3v) is 6.76. The van der Waals surface area contributed by atoms with E-state index in [1.165, 1.54) is 10.6 Å². The van der Waals surface area contributed by atoms with Crippen molar-refractivity contribution >= 4 is 28.3 Å². The molecule has 0 radical (unpaired) electrons. The van der Waals surface area contributed by atoms with Crippen LogP contribution in [0.15, 0.2) is 0 Å². The summed E-state index contributed by atoms with van der Waals surface area (Å²) in [6.07, 6.45) is 4.92. The highest BCUT2D eigenvalue weighted by Crippen LogP contribution is 2.35. The summed E-state index contributed by atoms with van der Waals surface area (Å²) in [6.45, 7) is 7.15. The molecule has 1 atom stereocenters. The number of rotatable bonds is 4. The van der Waals surface area contributed by atoms with Gasteiger partial charge in [0, 0.05) is 48.9 Å². The van der Waals surface area contributed by atoms with Crippen LogP contribution < -0.4 is 10.2 Å². The molecule has 0 unspecified atom stereocenters. The summed E-state index contributed by atoms with van der Waals surface area (Å²) < 4.78 is 0.